The maximum absolute atomic E-state index is 13.6. The lowest BCUT2D eigenvalue weighted by atomic mass is 10.2. The van der Waals surface area contributed by atoms with Crippen molar-refractivity contribution in [3.63, 3.8) is 0 Å². The van der Waals surface area contributed by atoms with Crippen molar-refractivity contribution in [1.29, 1.82) is 0 Å². The largest absolute Gasteiger partial charge is 0.326 e. The molecule has 0 aliphatic carbocycles. The van der Waals surface area contributed by atoms with Crippen LogP contribution in [0.4, 0.5) is 21.5 Å². The van der Waals surface area contributed by atoms with Gasteiger partial charge in [0.15, 0.2) is 0 Å². The first-order chi connectivity index (χ1) is 12.4. The molecule has 2 aromatic rings. The molecule has 7 heteroatoms. The fourth-order valence-electron chi connectivity index (χ4n) is 2.38. The average Bonchev–Trinajstić information content (AvgIpc) is 2.58. The van der Waals surface area contributed by atoms with E-state index in [4.69, 9.17) is 0 Å². The highest BCUT2D eigenvalue weighted by atomic mass is 19.1. The van der Waals surface area contributed by atoms with Gasteiger partial charge in [-0.1, -0.05) is 12.1 Å². The van der Waals surface area contributed by atoms with Crippen LogP contribution in [0.2, 0.25) is 0 Å². The topological polar surface area (TPSA) is 78.5 Å². The summed E-state index contributed by atoms with van der Waals surface area (Å²) in [6.45, 7) is 2.95. The molecule has 0 fully saturated rings. The van der Waals surface area contributed by atoms with Crippen molar-refractivity contribution in [3.05, 3.63) is 54.3 Å². The van der Waals surface area contributed by atoms with Gasteiger partial charge in [-0.3, -0.25) is 14.4 Å². The number of benzene rings is 2. The average molecular weight is 357 g/mol. The molecule has 0 radical (unpaired) electrons. The number of carbonyl (C=O) groups is 3. The molecule has 2 aromatic carbocycles. The summed E-state index contributed by atoms with van der Waals surface area (Å²) in [7, 11) is 0. The van der Waals surface area contributed by atoms with Crippen molar-refractivity contribution in [2.75, 3.05) is 22.1 Å². The third kappa shape index (κ3) is 5.41. The van der Waals surface area contributed by atoms with Gasteiger partial charge in [0.1, 0.15) is 5.82 Å². The molecule has 0 atom stereocenters. The van der Waals surface area contributed by atoms with E-state index < -0.39 is 11.7 Å². The molecule has 0 aromatic heterocycles. The van der Waals surface area contributed by atoms with Crippen LogP contribution in [0, 0.1) is 5.82 Å². The van der Waals surface area contributed by atoms with Gasteiger partial charge in [0.05, 0.1) is 5.69 Å². The quantitative estimate of drug-likeness (QED) is 0.833. The molecule has 2 N–H and O–H groups in total. The van der Waals surface area contributed by atoms with Crippen LogP contribution in [0.25, 0.3) is 0 Å². The molecule has 0 saturated heterocycles. The number of amides is 3. The summed E-state index contributed by atoms with van der Waals surface area (Å²) < 4.78 is 13.6. The summed E-state index contributed by atoms with van der Waals surface area (Å²) in [6.07, 6.45) is 0.0152. The van der Waals surface area contributed by atoms with Gasteiger partial charge in [-0.05, 0) is 36.4 Å². The van der Waals surface area contributed by atoms with Gasteiger partial charge in [-0.15, -0.1) is 0 Å². The number of para-hydroxylation sites is 1. The van der Waals surface area contributed by atoms with Gasteiger partial charge in [0, 0.05) is 38.2 Å². The second kappa shape index (κ2) is 8.75. The van der Waals surface area contributed by atoms with Crippen LogP contribution in [-0.2, 0) is 14.4 Å². The number of halogens is 1. The Labute approximate surface area is 151 Å². The highest BCUT2D eigenvalue weighted by molar-refractivity contribution is 5.95. The predicted octanol–water partition coefficient (Wildman–Crippen LogP) is 3.17. The molecule has 6 nitrogen and oxygen atoms in total. The number of hydrogen-bond donors (Lipinski definition) is 2. The van der Waals surface area contributed by atoms with E-state index in [9.17, 15) is 18.8 Å². The molecule has 0 aliphatic heterocycles. The van der Waals surface area contributed by atoms with E-state index in [1.165, 1.54) is 36.9 Å². The zero-order chi connectivity index (χ0) is 19.1. The van der Waals surface area contributed by atoms with E-state index >= 15 is 0 Å². The highest BCUT2D eigenvalue weighted by Gasteiger charge is 2.14. The SMILES string of the molecule is CC(=O)Nc1ccc(N(CCC(=O)Nc2ccccc2F)C(C)=O)cc1. The maximum Gasteiger partial charge on any atom is 0.226 e. The van der Waals surface area contributed by atoms with Crippen molar-refractivity contribution < 1.29 is 18.8 Å². The molecule has 2 rings (SSSR count). The Bertz CT molecular complexity index is 806. The Balaban J connectivity index is 2.00. The standard InChI is InChI=1S/C19H20FN3O3/c1-13(24)21-15-7-9-16(10-8-15)23(14(2)25)12-11-19(26)22-18-6-4-3-5-17(18)20/h3-10H,11-12H2,1-2H3,(H,21,24)(H,22,26). The van der Waals surface area contributed by atoms with E-state index in [1.54, 1.807) is 30.3 Å². The molecule has 0 heterocycles. The second-order valence-corrected chi connectivity index (χ2v) is 5.68. The van der Waals surface area contributed by atoms with Gasteiger partial charge < -0.3 is 15.5 Å². The zero-order valence-electron chi connectivity index (χ0n) is 14.6. The lowest BCUT2D eigenvalue weighted by Gasteiger charge is -2.21. The molecule has 0 bridgehead atoms. The first-order valence-corrected chi connectivity index (χ1v) is 8.07. The molecular weight excluding hydrogens is 337 g/mol. The van der Waals surface area contributed by atoms with Crippen molar-refractivity contribution >= 4 is 34.8 Å². The molecule has 0 saturated carbocycles. The molecular formula is C19H20FN3O3. The second-order valence-electron chi connectivity index (χ2n) is 5.68. The van der Waals surface area contributed by atoms with Crippen LogP contribution in [0.5, 0.6) is 0 Å². The third-order valence-corrected chi connectivity index (χ3v) is 3.59. The monoisotopic (exact) mass is 357 g/mol. The minimum absolute atomic E-state index is 0.0152. The van der Waals surface area contributed by atoms with Crippen LogP contribution in [0.3, 0.4) is 0 Å². The molecule has 26 heavy (non-hydrogen) atoms. The predicted molar refractivity (Wildman–Crippen MR) is 98.4 cm³/mol. The zero-order valence-corrected chi connectivity index (χ0v) is 14.6. The Morgan fingerprint density at radius 3 is 2.19 bits per heavy atom. The Morgan fingerprint density at radius 1 is 0.962 bits per heavy atom. The summed E-state index contributed by atoms with van der Waals surface area (Å²) in [5.41, 5.74) is 1.32. The number of carbonyl (C=O) groups excluding carboxylic acids is 3. The van der Waals surface area contributed by atoms with Crippen molar-refractivity contribution in [2.45, 2.75) is 20.3 Å². The fraction of sp³-hybridized carbons (Fsp3) is 0.211. The Morgan fingerprint density at radius 2 is 1.62 bits per heavy atom. The van der Waals surface area contributed by atoms with Crippen molar-refractivity contribution in [3.8, 4) is 0 Å². The minimum Gasteiger partial charge on any atom is -0.326 e. The molecule has 136 valence electrons. The van der Waals surface area contributed by atoms with Crippen molar-refractivity contribution in [2.24, 2.45) is 0 Å². The van der Waals surface area contributed by atoms with Crippen LogP contribution < -0.4 is 15.5 Å². The maximum atomic E-state index is 13.6. The number of nitrogens with one attached hydrogen (secondary N) is 2. The normalized spacial score (nSPS) is 10.1. The minimum atomic E-state index is -0.516. The van der Waals surface area contributed by atoms with E-state index in [-0.39, 0.29) is 30.5 Å². The van der Waals surface area contributed by atoms with Gasteiger partial charge in [-0.25, -0.2) is 4.39 Å². The fourth-order valence-corrected chi connectivity index (χ4v) is 2.38. The first-order valence-electron chi connectivity index (χ1n) is 8.07. The molecule has 0 aliphatic rings. The molecule has 3 amide bonds. The summed E-state index contributed by atoms with van der Waals surface area (Å²) in [5, 5.41) is 5.13. The number of rotatable bonds is 6. The van der Waals surface area contributed by atoms with Gasteiger partial charge in [0.25, 0.3) is 0 Å². The summed E-state index contributed by atoms with van der Waals surface area (Å²) in [6, 6.07) is 12.6. The molecule has 0 unspecified atom stereocenters. The number of nitrogens with zero attached hydrogens (tertiary/aromatic N) is 1. The van der Waals surface area contributed by atoms with Crippen molar-refractivity contribution in [1.82, 2.24) is 0 Å². The summed E-state index contributed by atoms with van der Waals surface area (Å²) in [4.78, 5) is 36.4. The summed E-state index contributed by atoms with van der Waals surface area (Å²) >= 11 is 0. The van der Waals surface area contributed by atoms with Gasteiger partial charge in [-0.2, -0.15) is 0 Å². The molecule has 0 spiro atoms. The van der Waals surface area contributed by atoms with Crippen LogP contribution in [0.15, 0.2) is 48.5 Å². The highest BCUT2D eigenvalue weighted by Crippen LogP contribution is 2.19. The van der Waals surface area contributed by atoms with Crippen LogP contribution in [0.1, 0.15) is 20.3 Å². The third-order valence-electron chi connectivity index (χ3n) is 3.59. The summed E-state index contributed by atoms with van der Waals surface area (Å²) in [5.74, 6) is -1.32. The van der Waals surface area contributed by atoms with E-state index in [0.29, 0.717) is 11.4 Å². The Kier molecular flexibility index (Phi) is 6.43. The van der Waals surface area contributed by atoms with E-state index in [2.05, 4.69) is 10.6 Å². The lowest BCUT2D eigenvalue weighted by Crippen LogP contribution is -2.32. The van der Waals surface area contributed by atoms with E-state index in [0.717, 1.165) is 0 Å². The first kappa shape index (κ1) is 19.1. The smallest absolute Gasteiger partial charge is 0.226 e. The Hall–Kier alpha value is -3.22. The van der Waals surface area contributed by atoms with E-state index in [1.807, 2.05) is 0 Å². The number of hydrogen-bond acceptors (Lipinski definition) is 3. The van der Waals surface area contributed by atoms with Crippen LogP contribution >= 0.6 is 0 Å². The van der Waals surface area contributed by atoms with Gasteiger partial charge >= 0.3 is 0 Å². The van der Waals surface area contributed by atoms with Gasteiger partial charge in [0.2, 0.25) is 17.7 Å². The number of anilines is 3. The lowest BCUT2D eigenvalue weighted by molar-refractivity contribution is -0.117. The van der Waals surface area contributed by atoms with Crippen LogP contribution in [-0.4, -0.2) is 24.3 Å².